The van der Waals surface area contributed by atoms with Crippen LogP contribution in [-0.4, -0.2) is 42.1 Å². The van der Waals surface area contributed by atoms with Crippen molar-refractivity contribution in [1.29, 1.82) is 0 Å². The van der Waals surface area contributed by atoms with Gasteiger partial charge < -0.3 is 24.8 Å². The van der Waals surface area contributed by atoms with Gasteiger partial charge in [0.05, 0.1) is 24.6 Å². The third-order valence-electron chi connectivity index (χ3n) is 3.22. The van der Waals surface area contributed by atoms with Gasteiger partial charge in [0, 0.05) is 0 Å². The highest BCUT2D eigenvalue weighted by Gasteiger charge is 2.30. The fraction of sp³-hybridized carbons (Fsp3) is 0.500. The minimum atomic E-state index is -3.65. The van der Waals surface area contributed by atoms with Crippen LogP contribution >= 0.6 is 6.72 Å². The van der Waals surface area contributed by atoms with Gasteiger partial charge in [-0.25, -0.2) is 14.5 Å². The number of nitrogens with zero attached hydrogens (tertiary/aromatic N) is 4. The molecule has 114 valence electrons. The molecule has 1 aliphatic heterocycles. The number of hydrogen-bond acceptors (Lipinski definition) is 7. The van der Waals surface area contributed by atoms with Crippen LogP contribution < -0.4 is 5.73 Å². The molecule has 3 heterocycles. The Hall–Kier alpha value is -1.16. The van der Waals surface area contributed by atoms with E-state index in [2.05, 4.69) is 26.9 Å². The van der Waals surface area contributed by atoms with E-state index in [9.17, 15) is 0 Å². The zero-order valence-electron chi connectivity index (χ0n) is 10.9. The maximum atomic E-state index is 9.06. The number of nitrogen functional groups attached to an aromatic ring is 1. The summed E-state index contributed by atoms with van der Waals surface area (Å²) in [6.07, 6.45) is 4.01. The highest BCUT2D eigenvalue weighted by atomic mass is 32.5. The lowest BCUT2D eigenvalue weighted by Crippen LogP contribution is -2.14. The molecule has 0 aliphatic carbocycles. The highest BCUT2D eigenvalue weighted by Crippen LogP contribution is 2.39. The molecule has 4 N–H and O–H groups in total. The topological polar surface area (TPSA) is 128 Å². The summed E-state index contributed by atoms with van der Waals surface area (Å²) in [5.41, 5.74) is 6.99. The van der Waals surface area contributed by atoms with Gasteiger partial charge in [-0.05, 0) is 24.6 Å². The van der Waals surface area contributed by atoms with E-state index in [4.69, 9.17) is 24.8 Å². The van der Waals surface area contributed by atoms with E-state index in [1.807, 2.05) is 0 Å². The Morgan fingerprint density at radius 1 is 1.48 bits per heavy atom. The van der Waals surface area contributed by atoms with E-state index in [1.54, 1.807) is 10.7 Å². The molecule has 3 rings (SSSR count). The standard InChI is InChI=1S/C10H14N5O4PS/c11-9-10-12-3-7(15(10)14-5-13-9)8-2-1-6(19-8)4-18-20(16,17)21/h3,5-6,8H,1-2,4H2,(H2,11,13,14)(H2,16,17,21). The second-order valence-corrected chi connectivity index (χ2v) is 7.34. The summed E-state index contributed by atoms with van der Waals surface area (Å²) >= 11 is 4.41. The number of rotatable bonds is 4. The van der Waals surface area contributed by atoms with Crippen LogP contribution in [0.15, 0.2) is 12.5 Å². The molecular formula is C10H14N5O4PS. The van der Waals surface area contributed by atoms with Gasteiger partial charge in [-0.2, -0.15) is 5.10 Å². The van der Waals surface area contributed by atoms with Crippen LogP contribution in [0.25, 0.3) is 5.65 Å². The molecule has 9 nitrogen and oxygen atoms in total. The number of nitrogens with two attached hydrogens (primary N) is 1. The molecule has 1 saturated heterocycles. The van der Waals surface area contributed by atoms with Crippen LogP contribution in [0, 0.1) is 0 Å². The Balaban J connectivity index is 1.73. The zero-order chi connectivity index (χ0) is 15.0. The van der Waals surface area contributed by atoms with Gasteiger partial charge in [0.2, 0.25) is 0 Å². The number of fused-ring (bicyclic) bond motifs is 1. The second kappa shape index (κ2) is 5.56. The predicted octanol–water partition coefficient (Wildman–Crippen LogP) is 0.152. The molecule has 0 radical (unpaired) electrons. The monoisotopic (exact) mass is 331 g/mol. The first kappa shape index (κ1) is 14.8. The lowest BCUT2D eigenvalue weighted by atomic mass is 10.1. The Morgan fingerprint density at radius 2 is 2.29 bits per heavy atom. The Bertz CT molecular complexity index is 704. The highest BCUT2D eigenvalue weighted by molar-refractivity contribution is 8.06. The quantitative estimate of drug-likeness (QED) is 0.671. The van der Waals surface area contributed by atoms with Gasteiger partial charge in [0.25, 0.3) is 0 Å². The number of hydrogen-bond donors (Lipinski definition) is 3. The number of aromatic nitrogens is 4. The SMILES string of the molecule is Nc1ncnn2c(C3CCC(COP(O)(O)=S)O3)cnc12. The molecule has 2 aromatic rings. The molecule has 2 unspecified atom stereocenters. The van der Waals surface area contributed by atoms with Crippen molar-refractivity contribution in [3.8, 4) is 0 Å². The summed E-state index contributed by atoms with van der Waals surface area (Å²) in [6, 6.07) is 0. The predicted molar refractivity (Wildman–Crippen MR) is 76.7 cm³/mol. The Morgan fingerprint density at radius 3 is 3.05 bits per heavy atom. The number of ether oxygens (including phenoxy) is 1. The second-order valence-electron chi connectivity index (χ2n) is 4.67. The molecule has 0 amide bonds. The zero-order valence-corrected chi connectivity index (χ0v) is 12.6. The first-order valence-electron chi connectivity index (χ1n) is 6.24. The van der Waals surface area contributed by atoms with Crippen molar-refractivity contribution in [1.82, 2.24) is 19.6 Å². The molecule has 2 atom stereocenters. The van der Waals surface area contributed by atoms with Gasteiger partial charge >= 0.3 is 6.72 Å². The smallest absolute Gasteiger partial charge is 0.321 e. The molecule has 21 heavy (non-hydrogen) atoms. The summed E-state index contributed by atoms with van der Waals surface area (Å²) in [5, 5.41) is 4.12. The van der Waals surface area contributed by atoms with Gasteiger partial charge in [0.15, 0.2) is 11.5 Å². The van der Waals surface area contributed by atoms with Crippen molar-refractivity contribution in [2.24, 2.45) is 0 Å². The van der Waals surface area contributed by atoms with E-state index >= 15 is 0 Å². The first-order valence-corrected chi connectivity index (χ1v) is 8.86. The van der Waals surface area contributed by atoms with Crippen molar-refractivity contribution in [2.75, 3.05) is 12.3 Å². The van der Waals surface area contributed by atoms with Crippen LogP contribution in [0.5, 0.6) is 0 Å². The maximum Gasteiger partial charge on any atom is 0.321 e. The van der Waals surface area contributed by atoms with Crippen LogP contribution in [0.2, 0.25) is 0 Å². The van der Waals surface area contributed by atoms with Gasteiger partial charge in [-0.1, -0.05) is 0 Å². The maximum absolute atomic E-state index is 9.06. The largest absolute Gasteiger partial charge is 0.381 e. The Labute approximate surface area is 125 Å². The molecule has 2 aromatic heterocycles. The van der Waals surface area contributed by atoms with Crippen molar-refractivity contribution in [2.45, 2.75) is 25.0 Å². The molecule has 0 saturated carbocycles. The Kier molecular flexibility index (Phi) is 3.91. The minimum Gasteiger partial charge on any atom is -0.381 e. The molecule has 0 bridgehead atoms. The summed E-state index contributed by atoms with van der Waals surface area (Å²) in [6.45, 7) is -3.59. The molecular weight excluding hydrogens is 317 g/mol. The summed E-state index contributed by atoms with van der Waals surface area (Å²) in [5.74, 6) is 0.301. The van der Waals surface area contributed by atoms with E-state index in [-0.39, 0.29) is 18.8 Å². The number of imidazole rings is 1. The average Bonchev–Trinajstić information content (AvgIpc) is 3.02. The van der Waals surface area contributed by atoms with Crippen LogP contribution in [0.1, 0.15) is 24.6 Å². The molecule has 11 heteroatoms. The fourth-order valence-corrected chi connectivity index (χ4v) is 2.84. The summed E-state index contributed by atoms with van der Waals surface area (Å²) in [4.78, 5) is 26.2. The van der Waals surface area contributed by atoms with Crippen LogP contribution in [0.3, 0.4) is 0 Å². The lowest BCUT2D eigenvalue weighted by Gasteiger charge is -2.15. The van der Waals surface area contributed by atoms with Gasteiger partial charge in [-0.3, -0.25) is 0 Å². The minimum absolute atomic E-state index is 0.0502. The average molecular weight is 331 g/mol. The van der Waals surface area contributed by atoms with Crippen molar-refractivity contribution >= 4 is 30.0 Å². The van der Waals surface area contributed by atoms with E-state index in [0.29, 0.717) is 17.9 Å². The van der Waals surface area contributed by atoms with Crippen LogP contribution in [0.4, 0.5) is 5.82 Å². The number of anilines is 1. The van der Waals surface area contributed by atoms with E-state index in [1.165, 1.54) is 6.33 Å². The lowest BCUT2D eigenvalue weighted by molar-refractivity contribution is 0.0117. The normalized spacial score (nSPS) is 23.0. The first-order chi connectivity index (χ1) is 9.94. The molecule has 0 spiro atoms. The van der Waals surface area contributed by atoms with Crippen molar-refractivity contribution < 1.29 is 19.0 Å². The van der Waals surface area contributed by atoms with Gasteiger partial charge in [0.1, 0.15) is 12.4 Å². The van der Waals surface area contributed by atoms with Crippen molar-refractivity contribution in [3.05, 3.63) is 18.2 Å². The van der Waals surface area contributed by atoms with Crippen LogP contribution in [-0.2, 0) is 21.1 Å². The molecule has 1 aliphatic rings. The summed E-state index contributed by atoms with van der Waals surface area (Å²) in [7, 11) is 0. The molecule has 1 fully saturated rings. The van der Waals surface area contributed by atoms with E-state index < -0.39 is 6.72 Å². The molecule has 0 aromatic carbocycles. The van der Waals surface area contributed by atoms with E-state index in [0.717, 1.165) is 12.1 Å². The fourth-order valence-electron chi connectivity index (χ4n) is 2.30. The third kappa shape index (κ3) is 3.20. The van der Waals surface area contributed by atoms with Gasteiger partial charge in [-0.15, -0.1) is 0 Å². The van der Waals surface area contributed by atoms with Crippen molar-refractivity contribution in [3.63, 3.8) is 0 Å². The summed E-state index contributed by atoms with van der Waals surface area (Å²) < 4.78 is 12.2. The third-order valence-corrected chi connectivity index (χ3v) is 4.03.